The maximum absolute atomic E-state index is 13.9. The number of anilines is 1. The minimum absolute atomic E-state index is 0.00350. The highest BCUT2D eigenvalue weighted by Gasteiger charge is 2.15. The summed E-state index contributed by atoms with van der Waals surface area (Å²) in [6, 6.07) is 15.3. The van der Waals surface area contributed by atoms with Gasteiger partial charge in [-0.2, -0.15) is 0 Å². The molecule has 0 spiro atoms. The first-order valence-electron chi connectivity index (χ1n) is 8.12. The first-order chi connectivity index (χ1) is 12.8. The Morgan fingerprint density at radius 2 is 1.67 bits per heavy atom. The van der Waals surface area contributed by atoms with Gasteiger partial charge in [0.05, 0.1) is 11.0 Å². The number of halogens is 2. The molecular weight excluding hydrogens is 372 g/mol. The Kier molecular flexibility index (Phi) is 5.25. The van der Waals surface area contributed by atoms with E-state index in [0.717, 1.165) is 12.1 Å². The number of aliphatic hydroxyl groups is 1. The average molecular weight is 389 g/mol. The third-order valence-electron chi connectivity index (χ3n) is 4.03. The van der Waals surface area contributed by atoms with Gasteiger partial charge in [0.1, 0.15) is 11.6 Å². The summed E-state index contributed by atoms with van der Waals surface area (Å²) in [5.41, 5.74) is 1.51. The molecule has 3 aromatic carbocycles. The van der Waals surface area contributed by atoms with Crippen molar-refractivity contribution in [3.63, 3.8) is 0 Å². The van der Waals surface area contributed by atoms with Crippen LogP contribution in [0.4, 0.5) is 14.5 Å². The fourth-order valence-corrected chi connectivity index (χ4v) is 3.66. The third-order valence-corrected chi connectivity index (χ3v) is 5.43. The molecule has 0 aliphatic rings. The second kappa shape index (κ2) is 7.46. The summed E-state index contributed by atoms with van der Waals surface area (Å²) in [5, 5.41) is 9.61. The normalized spacial score (nSPS) is 12.6. The van der Waals surface area contributed by atoms with Crippen molar-refractivity contribution < 1.29 is 22.3 Å². The molecule has 0 radical (unpaired) electrons. The van der Waals surface area contributed by atoms with Crippen LogP contribution in [0.25, 0.3) is 11.1 Å². The van der Waals surface area contributed by atoms with E-state index in [1.807, 2.05) is 0 Å². The van der Waals surface area contributed by atoms with Gasteiger partial charge in [0.25, 0.3) is 10.0 Å². The van der Waals surface area contributed by atoms with Crippen molar-refractivity contribution in [1.29, 1.82) is 0 Å². The molecule has 2 N–H and O–H groups in total. The van der Waals surface area contributed by atoms with Gasteiger partial charge in [-0.05, 0) is 54.4 Å². The van der Waals surface area contributed by atoms with Crippen molar-refractivity contribution in [2.24, 2.45) is 0 Å². The van der Waals surface area contributed by atoms with Crippen molar-refractivity contribution in [2.45, 2.75) is 17.9 Å². The second-order valence-electron chi connectivity index (χ2n) is 6.06. The van der Waals surface area contributed by atoms with Crippen molar-refractivity contribution >= 4 is 15.7 Å². The van der Waals surface area contributed by atoms with Crippen LogP contribution in [0.15, 0.2) is 71.6 Å². The average Bonchev–Trinajstić information content (AvgIpc) is 2.62. The van der Waals surface area contributed by atoms with Gasteiger partial charge in [0, 0.05) is 17.3 Å². The number of benzene rings is 3. The van der Waals surface area contributed by atoms with E-state index in [2.05, 4.69) is 4.72 Å². The fourth-order valence-electron chi connectivity index (χ4n) is 2.61. The van der Waals surface area contributed by atoms with Gasteiger partial charge in [-0.25, -0.2) is 17.2 Å². The fraction of sp³-hybridized carbons (Fsp3) is 0.100. The van der Waals surface area contributed by atoms with Crippen molar-refractivity contribution in [1.82, 2.24) is 0 Å². The number of aliphatic hydroxyl groups excluding tert-OH is 1. The Hall–Kier alpha value is -2.77. The molecule has 0 aromatic heterocycles. The molecule has 0 bridgehead atoms. The Morgan fingerprint density at radius 3 is 2.30 bits per heavy atom. The standard InChI is InChI=1S/C20H17F2NO3S/c1-13(24)15-3-2-4-17(11-15)23-27(25,26)18-8-5-14(6-9-18)19-10-7-16(21)12-20(19)22/h2-13,23-24H,1H3/t13-/m0/s1. The quantitative estimate of drug-likeness (QED) is 0.676. The molecule has 0 aliphatic carbocycles. The summed E-state index contributed by atoms with van der Waals surface area (Å²) in [4.78, 5) is -0.00350. The minimum atomic E-state index is -3.86. The van der Waals surface area contributed by atoms with E-state index in [-0.39, 0.29) is 10.5 Å². The van der Waals surface area contributed by atoms with E-state index in [4.69, 9.17) is 0 Å². The van der Waals surface area contributed by atoms with Crippen molar-refractivity contribution in [3.05, 3.63) is 83.9 Å². The molecular formula is C20H17F2NO3S. The number of sulfonamides is 1. The zero-order valence-electron chi connectivity index (χ0n) is 14.4. The lowest BCUT2D eigenvalue weighted by Gasteiger charge is -2.11. The molecule has 27 heavy (non-hydrogen) atoms. The summed E-state index contributed by atoms with van der Waals surface area (Å²) >= 11 is 0. The van der Waals surface area contributed by atoms with Crippen LogP contribution in [-0.4, -0.2) is 13.5 Å². The van der Waals surface area contributed by atoms with Crippen molar-refractivity contribution in [3.8, 4) is 11.1 Å². The van der Waals surface area contributed by atoms with E-state index in [0.29, 0.717) is 16.8 Å². The minimum Gasteiger partial charge on any atom is -0.389 e. The molecule has 0 saturated heterocycles. The highest BCUT2D eigenvalue weighted by molar-refractivity contribution is 7.92. The van der Waals surface area contributed by atoms with E-state index < -0.39 is 27.8 Å². The number of rotatable bonds is 5. The summed E-state index contributed by atoms with van der Waals surface area (Å²) < 4.78 is 54.4. The molecule has 0 saturated carbocycles. The number of nitrogens with one attached hydrogen (secondary N) is 1. The van der Waals surface area contributed by atoms with Crippen LogP contribution in [0.5, 0.6) is 0 Å². The zero-order chi connectivity index (χ0) is 19.6. The predicted molar refractivity (Wildman–Crippen MR) is 99.7 cm³/mol. The van der Waals surface area contributed by atoms with Crippen LogP contribution in [0, 0.1) is 11.6 Å². The maximum atomic E-state index is 13.9. The second-order valence-corrected chi connectivity index (χ2v) is 7.74. The Balaban J connectivity index is 1.86. The highest BCUT2D eigenvalue weighted by atomic mass is 32.2. The maximum Gasteiger partial charge on any atom is 0.261 e. The Bertz CT molecular complexity index is 1060. The molecule has 0 heterocycles. The van der Waals surface area contributed by atoms with Gasteiger partial charge >= 0.3 is 0 Å². The van der Waals surface area contributed by atoms with E-state index >= 15 is 0 Å². The lowest BCUT2D eigenvalue weighted by Crippen LogP contribution is -2.13. The van der Waals surface area contributed by atoms with Gasteiger partial charge in [-0.3, -0.25) is 4.72 Å². The van der Waals surface area contributed by atoms with Gasteiger partial charge in [0.15, 0.2) is 0 Å². The van der Waals surface area contributed by atoms with Crippen LogP contribution in [0.1, 0.15) is 18.6 Å². The Labute approximate surface area is 156 Å². The topological polar surface area (TPSA) is 66.4 Å². The Morgan fingerprint density at radius 1 is 0.963 bits per heavy atom. The first kappa shape index (κ1) is 19.0. The largest absolute Gasteiger partial charge is 0.389 e. The van der Waals surface area contributed by atoms with Crippen molar-refractivity contribution in [2.75, 3.05) is 4.72 Å². The first-order valence-corrected chi connectivity index (χ1v) is 9.61. The highest BCUT2D eigenvalue weighted by Crippen LogP contribution is 2.26. The molecule has 0 amide bonds. The van der Waals surface area contributed by atoms with Gasteiger partial charge in [-0.15, -0.1) is 0 Å². The molecule has 0 unspecified atom stereocenters. The SMILES string of the molecule is C[C@H](O)c1cccc(NS(=O)(=O)c2ccc(-c3ccc(F)cc3F)cc2)c1. The zero-order valence-corrected chi connectivity index (χ0v) is 15.2. The predicted octanol–water partition coefficient (Wildman–Crippen LogP) is 4.49. The number of hydrogen-bond donors (Lipinski definition) is 2. The molecule has 1 atom stereocenters. The van der Waals surface area contributed by atoms with Crippen LogP contribution >= 0.6 is 0 Å². The molecule has 0 aliphatic heterocycles. The summed E-state index contributed by atoms with van der Waals surface area (Å²) in [6.45, 7) is 1.58. The van der Waals surface area contributed by atoms with E-state index in [1.165, 1.54) is 30.3 Å². The van der Waals surface area contributed by atoms with Gasteiger partial charge in [-0.1, -0.05) is 24.3 Å². The monoisotopic (exact) mass is 389 g/mol. The van der Waals surface area contributed by atoms with Crippen LogP contribution in [-0.2, 0) is 10.0 Å². The number of hydrogen-bond acceptors (Lipinski definition) is 3. The van der Waals surface area contributed by atoms with Gasteiger partial charge in [0.2, 0.25) is 0 Å². The summed E-state index contributed by atoms with van der Waals surface area (Å²) in [5.74, 6) is -1.40. The smallest absolute Gasteiger partial charge is 0.261 e. The van der Waals surface area contributed by atoms with Crippen LogP contribution in [0.3, 0.4) is 0 Å². The molecule has 4 nitrogen and oxygen atoms in total. The summed E-state index contributed by atoms with van der Waals surface area (Å²) in [7, 11) is -3.86. The molecule has 140 valence electrons. The van der Waals surface area contributed by atoms with Gasteiger partial charge < -0.3 is 5.11 Å². The lowest BCUT2D eigenvalue weighted by atomic mass is 10.1. The summed E-state index contributed by atoms with van der Waals surface area (Å²) in [6.07, 6.45) is -0.723. The van der Waals surface area contributed by atoms with Crippen LogP contribution in [0.2, 0.25) is 0 Å². The van der Waals surface area contributed by atoms with E-state index in [9.17, 15) is 22.3 Å². The third kappa shape index (κ3) is 4.32. The molecule has 3 rings (SSSR count). The molecule has 3 aromatic rings. The lowest BCUT2D eigenvalue weighted by molar-refractivity contribution is 0.199. The molecule has 0 fully saturated rings. The molecule has 7 heteroatoms. The van der Waals surface area contributed by atoms with Crippen LogP contribution < -0.4 is 4.72 Å². The van der Waals surface area contributed by atoms with E-state index in [1.54, 1.807) is 31.2 Å².